The molecule has 0 spiro atoms. The molecule has 3 unspecified atom stereocenters. The van der Waals surface area contributed by atoms with Crippen molar-refractivity contribution in [3.05, 3.63) is 12.2 Å². The van der Waals surface area contributed by atoms with Gasteiger partial charge in [0, 0.05) is 19.0 Å². The Kier molecular flexibility index (Phi) is 4.97. The van der Waals surface area contributed by atoms with Gasteiger partial charge < -0.3 is 5.32 Å². The van der Waals surface area contributed by atoms with Crippen molar-refractivity contribution >= 4 is 0 Å². The smallest absolute Gasteiger partial charge is 0.138 e. The van der Waals surface area contributed by atoms with E-state index < -0.39 is 0 Å². The highest BCUT2D eigenvalue weighted by Gasteiger charge is 2.32. The van der Waals surface area contributed by atoms with Crippen molar-refractivity contribution in [2.45, 2.75) is 59.5 Å². The van der Waals surface area contributed by atoms with E-state index in [2.05, 4.69) is 47.8 Å². The topological polar surface area (TPSA) is 42.7 Å². The van der Waals surface area contributed by atoms with Gasteiger partial charge >= 0.3 is 0 Å². The van der Waals surface area contributed by atoms with E-state index in [0.717, 1.165) is 31.3 Å². The molecule has 0 aromatic carbocycles. The van der Waals surface area contributed by atoms with Crippen LogP contribution in [-0.2, 0) is 13.0 Å². The van der Waals surface area contributed by atoms with Crippen molar-refractivity contribution in [3.63, 3.8) is 0 Å². The molecule has 1 aromatic rings. The number of nitrogens with zero attached hydrogens (tertiary/aromatic N) is 3. The van der Waals surface area contributed by atoms with Crippen LogP contribution in [0.2, 0.25) is 0 Å². The van der Waals surface area contributed by atoms with Gasteiger partial charge in [0.2, 0.25) is 0 Å². The molecule has 108 valence electrons. The van der Waals surface area contributed by atoms with Gasteiger partial charge in [0.1, 0.15) is 12.2 Å². The van der Waals surface area contributed by atoms with Gasteiger partial charge in [-0.25, -0.2) is 9.67 Å². The van der Waals surface area contributed by atoms with Crippen molar-refractivity contribution < 1.29 is 0 Å². The molecule has 1 aromatic heterocycles. The molecule has 1 saturated carbocycles. The molecule has 4 nitrogen and oxygen atoms in total. The van der Waals surface area contributed by atoms with Crippen molar-refractivity contribution in [1.82, 2.24) is 20.1 Å². The third-order valence-electron chi connectivity index (χ3n) is 4.37. The molecule has 3 atom stereocenters. The number of hydrogen-bond donors (Lipinski definition) is 1. The second kappa shape index (κ2) is 6.51. The SMILES string of the molecule is CCNC1CCC(Cc2ncnn2CC(C)C)C1C. The van der Waals surface area contributed by atoms with E-state index in [-0.39, 0.29) is 0 Å². The van der Waals surface area contributed by atoms with E-state index in [1.807, 2.05) is 0 Å². The first-order valence-corrected chi connectivity index (χ1v) is 7.71. The Labute approximate surface area is 117 Å². The van der Waals surface area contributed by atoms with Gasteiger partial charge in [-0.05, 0) is 37.1 Å². The highest BCUT2D eigenvalue weighted by molar-refractivity contribution is 4.95. The third kappa shape index (κ3) is 3.56. The molecule has 1 N–H and O–H groups in total. The summed E-state index contributed by atoms with van der Waals surface area (Å²) in [5.41, 5.74) is 0. The summed E-state index contributed by atoms with van der Waals surface area (Å²) in [6, 6.07) is 0.691. The molecule has 2 rings (SSSR count). The molecule has 19 heavy (non-hydrogen) atoms. The highest BCUT2D eigenvalue weighted by Crippen LogP contribution is 2.33. The van der Waals surface area contributed by atoms with Crippen LogP contribution in [0.1, 0.15) is 46.4 Å². The Hall–Kier alpha value is -0.900. The molecular weight excluding hydrogens is 236 g/mol. The van der Waals surface area contributed by atoms with Crippen LogP contribution in [0.5, 0.6) is 0 Å². The Morgan fingerprint density at radius 1 is 1.42 bits per heavy atom. The number of hydrogen-bond acceptors (Lipinski definition) is 3. The summed E-state index contributed by atoms with van der Waals surface area (Å²) in [6.07, 6.45) is 5.40. The zero-order valence-corrected chi connectivity index (χ0v) is 12.8. The van der Waals surface area contributed by atoms with Crippen molar-refractivity contribution in [2.75, 3.05) is 6.54 Å². The Morgan fingerprint density at radius 3 is 2.89 bits per heavy atom. The minimum Gasteiger partial charge on any atom is -0.314 e. The standard InChI is InChI=1S/C15H28N4/c1-5-16-14-7-6-13(12(14)4)8-15-17-10-18-19(15)9-11(2)3/h10-14,16H,5-9H2,1-4H3. The van der Waals surface area contributed by atoms with Crippen LogP contribution in [0.3, 0.4) is 0 Å². The molecular formula is C15H28N4. The van der Waals surface area contributed by atoms with E-state index in [9.17, 15) is 0 Å². The normalized spacial score (nSPS) is 27.3. The monoisotopic (exact) mass is 264 g/mol. The molecule has 0 radical (unpaired) electrons. The Morgan fingerprint density at radius 2 is 2.21 bits per heavy atom. The fraction of sp³-hybridized carbons (Fsp3) is 0.867. The molecule has 1 heterocycles. The average Bonchev–Trinajstić information content (AvgIpc) is 2.91. The maximum atomic E-state index is 4.47. The molecule has 0 bridgehead atoms. The van der Waals surface area contributed by atoms with E-state index in [4.69, 9.17) is 0 Å². The quantitative estimate of drug-likeness (QED) is 0.858. The minimum absolute atomic E-state index is 0.621. The van der Waals surface area contributed by atoms with Crippen LogP contribution >= 0.6 is 0 Å². The number of nitrogens with one attached hydrogen (secondary N) is 1. The Balaban J connectivity index is 1.96. The lowest BCUT2D eigenvalue weighted by Crippen LogP contribution is -2.33. The Bertz CT molecular complexity index is 385. The summed E-state index contributed by atoms with van der Waals surface area (Å²) < 4.78 is 2.10. The summed E-state index contributed by atoms with van der Waals surface area (Å²) in [7, 11) is 0. The van der Waals surface area contributed by atoms with E-state index >= 15 is 0 Å². The predicted molar refractivity (Wildman–Crippen MR) is 77.9 cm³/mol. The first-order valence-electron chi connectivity index (χ1n) is 7.71. The zero-order chi connectivity index (χ0) is 13.8. The van der Waals surface area contributed by atoms with Gasteiger partial charge in [-0.3, -0.25) is 0 Å². The molecule has 4 heteroatoms. The van der Waals surface area contributed by atoms with Gasteiger partial charge in [0.05, 0.1) is 0 Å². The van der Waals surface area contributed by atoms with Gasteiger partial charge in [-0.15, -0.1) is 0 Å². The molecule has 0 aliphatic heterocycles. The first-order chi connectivity index (χ1) is 9.11. The van der Waals surface area contributed by atoms with Crippen LogP contribution in [0.25, 0.3) is 0 Å². The lowest BCUT2D eigenvalue weighted by molar-refractivity contribution is 0.342. The predicted octanol–water partition coefficient (Wildman–Crippen LogP) is 2.50. The third-order valence-corrected chi connectivity index (χ3v) is 4.37. The van der Waals surface area contributed by atoms with E-state index in [0.29, 0.717) is 12.0 Å². The van der Waals surface area contributed by atoms with Gasteiger partial charge in [0.25, 0.3) is 0 Å². The van der Waals surface area contributed by atoms with Crippen LogP contribution in [0.4, 0.5) is 0 Å². The van der Waals surface area contributed by atoms with Crippen molar-refractivity contribution in [2.24, 2.45) is 17.8 Å². The fourth-order valence-electron chi connectivity index (χ4n) is 3.27. The summed E-state index contributed by atoms with van der Waals surface area (Å²) in [5, 5.41) is 7.98. The van der Waals surface area contributed by atoms with Crippen LogP contribution in [0.15, 0.2) is 6.33 Å². The maximum Gasteiger partial charge on any atom is 0.138 e. The molecule has 0 saturated heterocycles. The minimum atomic E-state index is 0.621. The first kappa shape index (κ1) is 14.5. The fourth-order valence-corrected chi connectivity index (χ4v) is 3.27. The summed E-state index contributed by atoms with van der Waals surface area (Å²) in [4.78, 5) is 4.47. The maximum absolute atomic E-state index is 4.47. The van der Waals surface area contributed by atoms with Crippen molar-refractivity contribution in [1.29, 1.82) is 0 Å². The van der Waals surface area contributed by atoms with Gasteiger partial charge in [0.15, 0.2) is 0 Å². The summed E-state index contributed by atoms with van der Waals surface area (Å²) >= 11 is 0. The second-order valence-electron chi connectivity index (χ2n) is 6.32. The number of aromatic nitrogens is 3. The van der Waals surface area contributed by atoms with Crippen LogP contribution in [0, 0.1) is 17.8 Å². The van der Waals surface area contributed by atoms with Gasteiger partial charge in [-0.2, -0.15) is 5.10 Å². The van der Waals surface area contributed by atoms with Gasteiger partial charge in [-0.1, -0.05) is 27.7 Å². The molecule has 1 aliphatic rings. The lowest BCUT2D eigenvalue weighted by atomic mass is 9.92. The molecule has 1 fully saturated rings. The molecule has 1 aliphatic carbocycles. The number of rotatable bonds is 6. The largest absolute Gasteiger partial charge is 0.314 e. The van der Waals surface area contributed by atoms with Crippen molar-refractivity contribution in [3.8, 4) is 0 Å². The summed E-state index contributed by atoms with van der Waals surface area (Å²) in [6.45, 7) is 11.1. The van der Waals surface area contributed by atoms with Crippen LogP contribution < -0.4 is 5.32 Å². The molecule has 0 amide bonds. The highest BCUT2D eigenvalue weighted by atomic mass is 15.3. The zero-order valence-electron chi connectivity index (χ0n) is 12.8. The summed E-state index contributed by atoms with van der Waals surface area (Å²) in [5.74, 6) is 3.28. The van der Waals surface area contributed by atoms with E-state index in [1.54, 1.807) is 6.33 Å². The lowest BCUT2D eigenvalue weighted by Gasteiger charge is -2.21. The average molecular weight is 264 g/mol. The van der Waals surface area contributed by atoms with E-state index in [1.165, 1.54) is 18.7 Å². The second-order valence-corrected chi connectivity index (χ2v) is 6.32. The van der Waals surface area contributed by atoms with Crippen LogP contribution in [-0.4, -0.2) is 27.4 Å².